The van der Waals surface area contributed by atoms with Crippen LogP contribution >= 0.6 is 0 Å². The highest BCUT2D eigenvalue weighted by Crippen LogP contribution is 2.46. The number of pyridine rings is 2. The first kappa shape index (κ1) is 88.7. The number of rotatable bonds is 25. The van der Waals surface area contributed by atoms with Gasteiger partial charge in [-0.25, -0.2) is 23.0 Å². The highest BCUT2D eigenvalue weighted by molar-refractivity contribution is 5.98. The molecule has 0 unspecified atom stereocenters. The fourth-order valence-corrected chi connectivity index (χ4v) is 16.0. The van der Waals surface area contributed by atoms with Crippen molar-refractivity contribution in [2.45, 2.75) is 99.9 Å². The van der Waals surface area contributed by atoms with Gasteiger partial charge in [0.05, 0.1) is 13.1 Å². The lowest BCUT2D eigenvalue weighted by atomic mass is 9.83. The average molecular weight is 1680 g/mol. The van der Waals surface area contributed by atoms with Gasteiger partial charge in [-0.3, -0.25) is 43.6 Å². The number of hydrogen-bond acceptors (Lipinski definition) is 16. The molecule has 4 fully saturated rings. The maximum atomic E-state index is 13.4. The minimum Gasteiger partial charge on any atom is -0.388 e. The third-order valence-electron chi connectivity index (χ3n) is 22.7. The molecule has 16 rings (SSSR count). The zero-order valence-electron chi connectivity index (χ0n) is 67.6. The van der Waals surface area contributed by atoms with E-state index >= 15 is 0 Å². The van der Waals surface area contributed by atoms with Crippen LogP contribution in [0.5, 0.6) is 0 Å². The highest BCUT2D eigenvalue weighted by atomic mass is 19.1. The summed E-state index contributed by atoms with van der Waals surface area (Å²) in [6.07, 6.45) is 10.0. The molecule has 124 heavy (non-hydrogen) atoms. The molecule has 21 nitrogen and oxygen atoms in total. The lowest BCUT2D eigenvalue weighted by Gasteiger charge is -2.30. The van der Waals surface area contributed by atoms with Crippen molar-refractivity contribution >= 4 is 35.1 Å². The van der Waals surface area contributed by atoms with Crippen LogP contribution in [0.2, 0.25) is 0 Å². The molecule has 4 saturated heterocycles. The number of ketones is 3. The molecule has 4 aliphatic heterocycles. The number of aromatic nitrogens is 2. The molecule has 3 amide bonds. The summed E-state index contributed by atoms with van der Waals surface area (Å²) in [5.41, 5.74) is 11.4. The Bertz CT molecular complexity index is 5450. The first-order valence-corrected chi connectivity index (χ1v) is 40.6. The van der Waals surface area contributed by atoms with E-state index in [0.717, 1.165) is 118 Å². The van der Waals surface area contributed by atoms with Gasteiger partial charge in [-0.1, -0.05) is 158 Å². The van der Waals surface area contributed by atoms with Gasteiger partial charge in [0, 0.05) is 97.4 Å². The van der Waals surface area contributed by atoms with E-state index in [2.05, 4.69) is 10.6 Å². The van der Waals surface area contributed by atoms with E-state index in [1.165, 1.54) is 48.5 Å². The Morgan fingerprint density at radius 2 is 0.540 bits per heavy atom. The zero-order chi connectivity index (χ0) is 87.4. The van der Waals surface area contributed by atoms with Crippen LogP contribution in [-0.2, 0) is 67.5 Å². The lowest BCUT2D eigenvalue weighted by molar-refractivity contribution is 0.0355. The maximum absolute atomic E-state index is 13.4. The summed E-state index contributed by atoms with van der Waals surface area (Å²) in [6, 6.07) is 73.6. The van der Waals surface area contributed by atoms with Crippen molar-refractivity contribution < 1.29 is 85.8 Å². The fraction of sp³-hybridized carbons (Fsp3) is 0.232. The number of nitrogens with one attached hydrogen (secondary N) is 3. The maximum Gasteiger partial charge on any atom is 0.274 e. The molecular weight excluding hydrogens is 1590 g/mol. The number of halogens is 4. The number of carbonyl (C=O) groups is 6. The molecule has 10 aromatic carbocycles. The van der Waals surface area contributed by atoms with Crippen LogP contribution in [0.4, 0.5) is 17.6 Å². The predicted octanol–water partition coefficient (Wildman–Crippen LogP) is 14.4. The van der Waals surface area contributed by atoms with E-state index in [1.807, 2.05) is 36.4 Å². The van der Waals surface area contributed by atoms with Crippen molar-refractivity contribution in [1.29, 1.82) is 0 Å². The molecule has 0 saturated carbocycles. The molecular formula is C99H91F4N5O16. The SMILES string of the molecule is O=C(CO)c1ccc(CNC(=O)c2ccc([C@]3(c4ccc(F)cc4)CCCO3)cc2)cc1.O=C(CO)c1ccc(Cn2ccc([C@@]3(c4ccc(F)cc4)CCCO3)cc2=O)cc1.O=C(CO)c1ccc(Cn2ccc([C@]3(c4ccc(F)cc4)CCCO3)cc2=O)cc1.O=C(NO)c1ccc(CNC(=O)c2ccc([C@@]3(c4ccc(F)cc4)CCCO3)cc2)cc1. The number of hydrogen-bond donors (Lipinski definition) is 7. The zero-order valence-corrected chi connectivity index (χ0v) is 67.6. The van der Waals surface area contributed by atoms with E-state index in [0.29, 0.717) is 86.0 Å². The van der Waals surface area contributed by atoms with Gasteiger partial charge in [0.25, 0.3) is 28.8 Å². The lowest BCUT2D eigenvalue weighted by Crippen LogP contribution is -2.30. The Hall–Kier alpha value is -13.1. The Morgan fingerprint density at radius 3 is 0.782 bits per heavy atom. The third-order valence-corrected chi connectivity index (χ3v) is 22.7. The van der Waals surface area contributed by atoms with Gasteiger partial charge < -0.3 is 54.0 Å². The fourth-order valence-electron chi connectivity index (χ4n) is 16.0. The number of hydroxylamine groups is 1. The van der Waals surface area contributed by atoms with Gasteiger partial charge in [-0.15, -0.1) is 0 Å². The molecule has 2 aromatic heterocycles. The van der Waals surface area contributed by atoms with Gasteiger partial charge >= 0.3 is 0 Å². The molecule has 0 bridgehead atoms. The quantitative estimate of drug-likeness (QED) is 0.0121. The van der Waals surface area contributed by atoms with Crippen LogP contribution in [0.15, 0.2) is 289 Å². The van der Waals surface area contributed by atoms with Crippen LogP contribution < -0.4 is 27.2 Å². The average Bonchev–Trinajstić information content (AvgIpc) is 1.55. The van der Waals surface area contributed by atoms with E-state index in [9.17, 15) is 55.9 Å². The van der Waals surface area contributed by atoms with Crippen LogP contribution in [0.1, 0.15) is 180 Å². The van der Waals surface area contributed by atoms with Crippen LogP contribution in [0, 0.1) is 23.3 Å². The smallest absolute Gasteiger partial charge is 0.274 e. The Balaban J connectivity index is 0.000000142. The number of benzene rings is 10. The molecule has 4 aliphatic rings. The van der Waals surface area contributed by atoms with Crippen molar-refractivity contribution in [3.05, 3.63) is 423 Å². The number of aliphatic hydroxyl groups excluding tert-OH is 3. The first-order chi connectivity index (χ1) is 60.1. The summed E-state index contributed by atoms with van der Waals surface area (Å²) >= 11 is 0. The van der Waals surface area contributed by atoms with Crippen molar-refractivity contribution in [2.75, 3.05) is 46.2 Å². The van der Waals surface area contributed by atoms with Crippen molar-refractivity contribution in [1.82, 2.24) is 25.2 Å². The van der Waals surface area contributed by atoms with E-state index in [-0.39, 0.29) is 63.6 Å². The first-order valence-electron chi connectivity index (χ1n) is 40.6. The number of ether oxygens (including phenoxy) is 4. The van der Waals surface area contributed by atoms with Gasteiger partial charge in [0.1, 0.15) is 65.5 Å². The van der Waals surface area contributed by atoms with Crippen LogP contribution in [0.25, 0.3) is 0 Å². The summed E-state index contributed by atoms with van der Waals surface area (Å²) in [4.78, 5) is 96.7. The predicted molar refractivity (Wildman–Crippen MR) is 454 cm³/mol. The summed E-state index contributed by atoms with van der Waals surface area (Å²) in [5, 5.41) is 41.2. The number of Topliss-reactive ketones (excluding diaryl/α,β-unsaturated/α-hetero) is 3. The Kier molecular flexibility index (Phi) is 29.1. The molecule has 4 atom stereocenters. The standard InChI is InChI=1S/C26H24FNO4.C25H23FN2O4.2C24H22FNO4/c27-23-12-10-22(11-13-23)26(14-1-15-32-26)21-8-6-20(7-9-21)25(31)28-16-18-2-4-19(5-3-18)24(30)17-29;26-22-12-10-21(11-13-22)25(14-1-15-32-25)20-8-6-18(7-9-20)23(29)27-16-17-2-4-19(5-3-17)24(30)28-31;2*25-21-8-6-19(7-9-21)24(11-1-13-30-24)20-10-12-26(23(29)14-20)15-17-2-4-18(5-3-17)22(28)16-27/h2-13,29H,1,14-17H2,(H,28,31);2-13,31H,1,14-16H2,(H,27,29)(H,28,30);2*2-10,12,14,27H,1,11,13,15-16H2/t26-;25-;2*24-/m0110/s1. The molecule has 636 valence electrons. The number of nitrogens with zero attached hydrogens (tertiary/aromatic N) is 2. The van der Waals surface area contributed by atoms with E-state index in [1.54, 1.807) is 209 Å². The van der Waals surface area contributed by atoms with Gasteiger partial charge in [0.2, 0.25) is 0 Å². The molecule has 0 radical (unpaired) electrons. The number of carbonyl (C=O) groups excluding carboxylic acids is 6. The van der Waals surface area contributed by atoms with Crippen molar-refractivity contribution in [2.24, 2.45) is 0 Å². The summed E-state index contributed by atoms with van der Waals surface area (Å²) in [6.45, 7) is 2.16. The Morgan fingerprint density at radius 1 is 0.306 bits per heavy atom. The summed E-state index contributed by atoms with van der Waals surface area (Å²) in [7, 11) is 0. The largest absolute Gasteiger partial charge is 0.388 e. The molecule has 12 aromatic rings. The van der Waals surface area contributed by atoms with Gasteiger partial charge in [-0.2, -0.15) is 0 Å². The second-order valence-electron chi connectivity index (χ2n) is 30.4. The molecule has 0 spiro atoms. The Labute approximate surface area is 712 Å². The molecule has 6 heterocycles. The molecule has 7 N–H and O–H groups in total. The normalized spacial score (nSPS) is 18.1. The van der Waals surface area contributed by atoms with E-state index in [4.69, 9.17) is 39.5 Å². The van der Waals surface area contributed by atoms with Crippen molar-refractivity contribution in [3.63, 3.8) is 0 Å². The summed E-state index contributed by atoms with van der Waals surface area (Å²) < 4.78 is 81.2. The van der Waals surface area contributed by atoms with Crippen LogP contribution in [0.3, 0.4) is 0 Å². The molecule has 25 heteroatoms. The second kappa shape index (κ2) is 40.7. The third kappa shape index (κ3) is 20.8. The minimum atomic E-state index is -0.738. The van der Waals surface area contributed by atoms with Crippen LogP contribution in [-0.4, -0.2) is 111 Å². The number of amides is 3. The second-order valence-corrected chi connectivity index (χ2v) is 30.4. The number of aliphatic hydroxyl groups is 3. The van der Waals surface area contributed by atoms with E-state index < -0.39 is 48.1 Å². The molecule has 0 aliphatic carbocycles. The van der Waals surface area contributed by atoms with Gasteiger partial charge in [0.15, 0.2) is 17.3 Å². The highest BCUT2D eigenvalue weighted by Gasteiger charge is 2.43. The van der Waals surface area contributed by atoms with Gasteiger partial charge in [-0.05, 0) is 215 Å². The topological polar surface area (TPSA) is 300 Å². The monoisotopic (exact) mass is 1680 g/mol. The van der Waals surface area contributed by atoms with Crippen molar-refractivity contribution in [3.8, 4) is 0 Å². The minimum absolute atomic E-state index is 0.167. The summed E-state index contributed by atoms with van der Waals surface area (Å²) in [5.74, 6) is -3.26.